The van der Waals surface area contributed by atoms with Crippen LogP contribution >= 0.6 is 0 Å². The van der Waals surface area contributed by atoms with Gasteiger partial charge in [0.15, 0.2) is 5.78 Å². The molecule has 20 rings (SSSR count). The molecule has 17 fully saturated rings. The van der Waals surface area contributed by atoms with Crippen LogP contribution in [0.4, 0.5) is 0 Å². The van der Waals surface area contributed by atoms with Crippen LogP contribution in [0.5, 0.6) is 0 Å². The predicted molar refractivity (Wildman–Crippen MR) is 497 cm³/mol. The molecule has 22 nitrogen and oxygen atoms in total. The zero-order valence-electron chi connectivity index (χ0n) is 79.4. The second kappa shape index (κ2) is 38.5. The molecule has 0 radical (unpaired) electrons. The van der Waals surface area contributed by atoms with Gasteiger partial charge in [0.25, 0.3) is 0 Å². The summed E-state index contributed by atoms with van der Waals surface area (Å²) in [6.07, 6.45) is 28.8. The molecule has 4 N–H and O–H groups in total. The summed E-state index contributed by atoms with van der Waals surface area (Å²) >= 11 is 0. The lowest BCUT2D eigenvalue weighted by Gasteiger charge is -2.49. The minimum Gasteiger partial charge on any atom is -0.461 e. The first-order valence-electron chi connectivity index (χ1n) is 48.6. The highest BCUT2D eigenvalue weighted by atomic mass is 16.6. The van der Waals surface area contributed by atoms with Gasteiger partial charge in [-0.05, 0) is 238 Å². The molecule has 22 heteroatoms. The van der Waals surface area contributed by atoms with Gasteiger partial charge < -0.3 is 58.3 Å². The van der Waals surface area contributed by atoms with Gasteiger partial charge in [-0.25, -0.2) is 33.6 Å². The molecule has 33 atom stereocenters. The van der Waals surface area contributed by atoms with Gasteiger partial charge in [0.1, 0.15) is 54.6 Å². The number of aliphatic hydroxyl groups excluding tert-OH is 4. The lowest BCUT2D eigenvalue weighted by Crippen LogP contribution is -2.46. The smallest absolute Gasteiger partial charge is 0.336 e. The Bertz CT molecular complexity index is 4980. The van der Waals surface area contributed by atoms with Crippen LogP contribution in [-0.2, 0) is 85.8 Å². The van der Waals surface area contributed by atoms with Gasteiger partial charge in [-0.15, -0.1) is 0 Å². The summed E-state index contributed by atoms with van der Waals surface area (Å²) in [6, 6.07) is 0. The van der Waals surface area contributed by atoms with Crippen molar-refractivity contribution < 1.29 is 106 Å². The van der Waals surface area contributed by atoms with E-state index >= 15 is 0 Å². The summed E-state index contributed by atoms with van der Waals surface area (Å²) in [7, 11) is 0. The maximum Gasteiger partial charge on any atom is 0.336 e. The fraction of sp³-hybridized carbons (Fsp3) is 0.618. The van der Waals surface area contributed by atoms with Crippen LogP contribution in [0.2, 0.25) is 0 Å². The van der Waals surface area contributed by atoms with E-state index in [1.54, 1.807) is 18.6 Å². The van der Waals surface area contributed by atoms with Crippen molar-refractivity contribution in [3.8, 4) is 0 Å². The van der Waals surface area contributed by atoms with Crippen molar-refractivity contribution in [1.29, 1.82) is 0 Å². The molecule has 0 unspecified atom stereocenters. The first kappa shape index (κ1) is 98.8. The summed E-state index contributed by atoms with van der Waals surface area (Å²) in [5.41, 5.74) is 11.9. The SMILES string of the molecule is C=C(CO)C(=O)O[C@H]1CC(=C)[C@@H]2C[C@H](O)C(=C)[C@@H]2[C@H]2OC(=O)[C@@H](CC)[C@@H]21.C=C1C(=O)O[C@@H]2/C=C(\C)CC/C=C(\C)CC[C@@H]12.C=C1C(=O)O[C@@H]2C[C@@]3(C)CCCC(=C)[C@@H]3C[C@H]12.C=C1C(=O)O[C@@H]2C[C@@]3(C)CCC[C@H](C)C3=C[C@H]12.C=C1C(=O)O[C@@H]2C[C@H](C)[C@@H]3C=CC(=O)[C@@]3(C)[C@@H](O)[C@@H]12.C=C1C(=O)O[C@@H]2C[C@H](C)[C@@H]3CCC(=O)[C@@]3(C)[C@@H](O)[C@H]12.C=C1CC[C@H]2C(=C)CC[C@H]3C(=C)C(=O)O[C@@H]3[C@@H]12. The van der Waals surface area contributed by atoms with E-state index in [0.717, 1.165) is 89.0 Å². The summed E-state index contributed by atoms with van der Waals surface area (Å²) in [6.45, 7) is 67.8. The van der Waals surface area contributed by atoms with Crippen LogP contribution in [-0.4, -0.2) is 153 Å². The van der Waals surface area contributed by atoms with Crippen molar-refractivity contribution in [2.45, 2.75) is 290 Å². The Morgan fingerprint density at radius 3 is 1.79 bits per heavy atom. The molecule has 0 spiro atoms. The number of allylic oxidation sites excluding steroid dienone is 8. The number of hydrogen-bond acceptors (Lipinski definition) is 22. The van der Waals surface area contributed by atoms with Crippen molar-refractivity contribution in [3.05, 3.63) is 193 Å². The first-order valence-corrected chi connectivity index (χ1v) is 48.6. The van der Waals surface area contributed by atoms with E-state index in [4.69, 9.17) is 43.0 Å². The second-order valence-electron chi connectivity index (χ2n) is 43.3. The molecule has 132 heavy (non-hydrogen) atoms. The van der Waals surface area contributed by atoms with Crippen molar-refractivity contribution in [1.82, 2.24) is 0 Å². The monoisotopic (exact) mass is 1810 g/mol. The van der Waals surface area contributed by atoms with Gasteiger partial charge in [-0.2, -0.15) is 0 Å². The molecule has 7 heterocycles. The maximum atomic E-state index is 12.4. The number of esters is 8. The average Bonchev–Trinajstić information content (AvgIpc) is 1.57. The third-order valence-corrected chi connectivity index (χ3v) is 35.4. The zero-order chi connectivity index (χ0) is 96.0. The Morgan fingerprint density at radius 1 is 0.523 bits per heavy atom. The lowest BCUT2D eigenvalue weighted by molar-refractivity contribution is -0.149. The predicted octanol–water partition coefficient (Wildman–Crippen LogP) is 17.3. The molecule has 0 aromatic carbocycles. The summed E-state index contributed by atoms with van der Waals surface area (Å²) in [5.74, 6) is -1.15. The minimum absolute atomic E-state index is 0.00731. The van der Waals surface area contributed by atoms with E-state index in [1.807, 2.05) is 26.8 Å². The van der Waals surface area contributed by atoms with E-state index in [2.05, 4.69) is 139 Å². The molecule has 0 bridgehead atoms. The van der Waals surface area contributed by atoms with Gasteiger partial charge >= 0.3 is 47.8 Å². The number of fused-ring (bicyclic) bond motifs is 15. The second-order valence-corrected chi connectivity index (χ2v) is 43.3. The normalized spacial score (nSPS) is 43.4. The Kier molecular flexibility index (Phi) is 28.8. The van der Waals surface area contributed by atoms with Crippen LogP contribution in [0.1, 0.15) is 223 Å². The number of Topliss-reactive ketones (excluding diaryl/α,β-unsaturated/α-hetero) is 1. The summed E-state index contributed by atoms with van der Waals surface area (Å²) < 4.78 is 43.8. The van der Waals surface area contributed by atoms with Crippen LogP contribution in [0, 0.1) is 128 Å². The van der Waals surface area contributed by atoms with E-state index in [-0.39, 0.29) is 160 Å². The molecule has 7 saturated heterocycles. The maximum absolute atomic E-state index is 12.4. The van der Waals surface area contributed by atoms with Crippen molar-refractivity contribution in [2.75, 3.05) is 6.61 Å². The molecule has 0 aromatic heterocycles. The zero-order valence-corrected chi connectivity index (χ0v) is 79.4. The van der Waals surface area contributed by atoms with Crippen molar-refractivity contribution >= 4 is 59.3 Å². The van der Waals surface area contributed by atoms with Gasteiger partial charge in [0.05, 0.1) is 59.1 Å². The van der Waals surface area contributed by atoms with E-state index in [1.165, 1.54) is 60.0 Å². The molecular formula is C110H142O22. The summed E-state index contributed by atoms with van der Waals surface area (Å²) in [5, 5.41) is 40.8. The van der Waals surface area contributed by atoms with Crippen LogP contribution in [0.15, 0.2) is 193 Å². The Hall–Kier alpha value is -9.22. The number of ether oxygens (including phenoxy) is 8. The number of ketones is 2. The van der Waals surface area contributed by atoms with Gasteiger partial charge in [0.2, 0.25) is 0 Å². The number of hydrogen-bond donors (Lipinski definition) is 4. The number of carbonyl (C=O) groups excluding carboxylic acids is 10. The highest BCUT2D eigenvalue weighted by molar-refractivity contribution is 5.99. The fourth-order valence-corrected chi connectivity index (χ4v) is 27.5. The van der Waals surface area contributed by atoms with Crippen molar-refractivity contribution in [2.24, 2.45) is 128 Å². The lowest BCUT2D eigenvalue weighted by atomic mass is 9.56. The van der Waals surface area contributed by atoms with Crippen molar-refractivity contribution in [3.63, 3.8) is 0 Å². The molecule has 13 aliphatic carbocycles. The Morgan fingerprint density at radius 2 is 1.11 bits per heavy atom. The third kappa shape index (κ3) is 18.1. The third-order valence-electron chi connectivity index (χ3n) is 35.4. The molecule has 714 valence electrons. The average molecular weight is 1820 g/mol. The minimum atomic E-state index is -0.922. The highest BCUT2D eigenvalue weighted by Gasteiger charge is 2.65. The summed E-state index contributed by atoms with van der Waals surface area (Å²) in [4.78, 5) is 119. The molecule has 7 aliphatic heterocycles. The van der Waals surface area contributed by atoms with Gasteiger partial charge in [0, 0.05) is 87.7 Å². The largest absolute Gasteiger partial charge is 0.461 e. The molecule has 20 aliphatic rings. The number of carbonyl (C=O) groups is 10. The quantitative estimate of drug-likeness (QED) is 0.0879. The standard InChI is InChI=1S/C20H26O6.C15H20O4.C15H18O4.C15H18O2.3C15H20O2/c1-5-12-17-15(25-19(23)10(3)8-21)6-9(2)13-7-14(22)11(4)16(13)18(17)26-20(12)24;2*1-7-6-10-12(8(2)14(18)19-10)13(17)15(3)9(7)4-5-11(15)16;1-8-4-7-12-10(3)15(16)17-14(12)13-9(2)5-6-11(8)13;2*1-9-5-4-6-15(3)8-13-11(7-12(9)15)10(2)14(16)17-13;1-10-5-4-6-11(2)9-14-13(8-7-10)12(3)15(16)17-14/h12-18,21-22H,2-8H2,1H3;7,9-10,12-13,17H,2,4-6H2,1,3H3;4-5,7,9-10,12-13,17H,2,6H2,1,3H3;11-14H,1-7H2;7,9,11,13H,2,4-6,8H2,1,3H3;11-13H,1-2,4-8H2,3H3;5,9,13-14H,3-4,6-8H2,1-2H3/b;;;;;;10-5+,11-9+/t12-,13-,14-,15-,16-,17+,18+;7-,9-,10+,12+,13-,15-;7-,9-,10+,12-,13-,15-;11-,12-,13-,14-;9-,11+,13+,15+;11-,12+,13-,15-;13-,14+/m0000010/s1. The Balaban J connectivity index is 0.000000125. The van der Waals surface area contributed by atoms with Crippen LogP contribution < -0.4 is 0 Å². The fourth-order valence-electron chi connectivity index (χ4n) is 27.5. The van der Waals surface area contributed by atoms with E-state index in [0.29, 0.717) is 101 Å². The number of aliphatic hydroxyl groups is 4. The Labute approximate surface area is 779 Å². The first-order chi connectivity index (χ1) is 62.2. The van der Waals surface area contributed by atoms with Gasteiger partial charge in [-0.3, -0.25) is 14.4 Å². The van der Waals surface area contributed by atoms with E-state index in [9.17, 15) is 63.3 Å². The van der Waals surface area contributed by atoms with Gasteiger partial charge in [-0.1, -0.05) is 184 Å². The molecule has 0 aromatic rings. The number of rotatable bonds is 4. The van der Waals surface area contributed by atoms with Crippen LogP contribution in [0.25, 0.3) is 0 Å². The highest BCUT2D eigenvalue weighted by Crippen LogP contribution is 2.62. The topological polar surface area (TPSA) is 325 Å². The van der Waals surface area contributed by atoms with Crippen LogP contribution in [0.3, 0.4) is 0 Å². The molecular weight excluding hydrogens is 1670 g/mol. The van der Waals surface area contributed by atoms with E-state index < -0.39 is 83.6 Å². The molecule has 0 amide bonds. The molecule has 10 saturated carbocycles.